The molecule has 0 spiro atoms. The molecule has 0 radical (unpaired) electrons. The van der Waals surface area contributed by atoms with Gasteiger partial charge < -0.3 is 19.4 Å². The van der Waals surface area contributed by atoms with Crippen LogP contribution in [0.3, 0.4) is 0 Å². The van der Waals surface area contributed by atoms with E-state index in [9.17, 15) is 4.79 Å². The summed E-state index contributed by atoms with van der Waals surface area (Å²) in [6, 6.07) is 15.5. The summed E-state index contributed by atoms with van der Waals surface area (Å²) in [7, 11) is 2.16. The van der Waals surface area contributed by atoms with Gasteiger partial charge in [-0.15, -0.1) is 0 Å². The van der Waals surface area contributed by atoms with Crippen molar-refractivity contribution in [2.75, 3.05) is 46.4 Å². The number of carbonyl (C=O) groups is 1. The van der Waals surface area contributed by atoms with Crippen LogP contribution in [-0.4, -0.2) is 67.1 Å². The van der Waals surface area contributed by atoms with Crippen molar-refractivity contribution in [2.24, 2.45) is 0 Å². The quantitative estimate of drug-likeness (QED) is 0.608. The number of carbonyl (C=O) groups excluding carboxylic acids is 1. The molecule has 158 valence electrons. The Kier molecular flexibility index (Phi) is 6.35. The topological polar surface area (TPSA) is 57.8 Å². The SMILES string of the molecule is Cc1[nH]c2ccc(OCCN3CCN(C)CC3)cc2c1C(=O)OCc1ccccc1. The van der Waals surface area contributed by atoms with Crippen molar-refractivity contribution in [3.8, 4) is 5.75 Å². The van der Waals surface area contributed by atoms with Crippen molar-refractivity contribution in [3.63, 3.8) is 0 Å². The molecule has 30 heavy (non-hydrogen) atoms. The first kappa shape index (κ1) is 20.4. The molecule has 0 saturated carbocycles. The minimum atomic E-state index is -0.322. The number of H-pyrrole nitrogens is 1. The summed E-state index contributed by atoms with van der Waals surface area (Å²) in [4.78, 5) is 20.8. The first-order chi connectivity index (χ1) is 14.6. The van der Waals surface area contributed by atoms with E-state index in [2.05, 4.69) is 21.8 Å². The lowest BCUT2D eigenvalue weighted by molar-refractivity contribution is 0.0474. The smallest absolute Gasteiger partial charge is 0.340 e. The van der Waals surface area contributed by atoms with E-state index in [4.69, 9.17) is 9.47 Å². The molecule has 1 fully saturated rings. The maximum absolute atomic E-state index is 12.8. The molecule has 4 rings (SSSR count). The lowest BCUT2D eigenvalue weighted by Gasteiger charge is -2.32. The van der Waals surface area contributed by atoms with E-state index in [0.717, 1.165) is 60.6 Å². The van der Waals surface area contributed by atoms with Crippen LogP contribution in [-0.2, 0) is 11.3 Å². The Hall–Kier alpha value is -2.83. The second kappa shape index (κ2) is 9.32. The third-order valence-corrected chi connectivity index (χ3v) is 5.65. The number of likely N-dealkylation sites (N-methyl/N-ethyl adjacent to an activating group) is 1. The number of nitrogens with zero attached hydrogens (tertiary/aromatic N) is 2. The summed E-state index contributed by atoms with van der Waals surface area (Å²) in [5.74, 6) is 0.449. The Labute approximate surface area is 177 Å². The Balaban J connectivity index is 1.41. The van der Waals surface area contributed by atoms with Gasteiger partial charge in [-0.25, -0.2) is 4.79 Å². The number of aromatic amines is 1. The predicted octanol–water partition coefficient (Wildman–Crippen LogP) is 3.46. The molecule has 6 heteroatoms. The standard InChI is InChI=1S/C24H29N3O3/c1-18-23(24(28)30-17-19-6-4-3-5-7-19)21-16-20(8-9-22(21)25-18)29-15-14-27-12-10-26(2)11-13-27/h3-9,16,25H,10-15,17H2,1-2H3. The molecule has 3 aromatic rings. The molecule has 1 saturated heterocycles. The van der Waals surface area contributed by atoms with Crippen molar-refractivity contribution in [1.82, 2.24) is 14.8 Å². The third kappa shape index (κ3) is 4.83. The van der Waals surface area contributed by atoms with Gasteiger partial charge in [0, 0.05) is 49.3 Å². The first-order valence-electron chi connectivity index (χ1n) is 10.5. The zero-order chi connectivity index (χ0) is 20.9. The highest BCUT2D eigenvalue weighted by atomic mass is 16.5. The summed E-state index contributed by atoms with van der Waals surface area (Å²) < 4.78 is 11.6. The van der Waals surface area contributed by atoms with Gasteiger partial charge in [0.25, 0.3) is 0 Å². The molecule has 2 heterocycles. The van der Waals surface area contributed by atoms with E-state index in [1.165, 1.54) is 0 Å². The first-order valence-corrected chi connectivity index (χ1v) is 10.5. The normalized spacial score (nSPS) is 15.4. The fourth-order valence-corrected chi connectivity index (χ4v) is 3.82. The second-order valence-corrected chi connectivity index (χ2v) is 7.89. The number of benzene rings is 2. The molecule has 1 N–H and O–H groups in total. The van der Waals surface area contributed by atoms with Crippen LogP contribution in [0.4, 0.5) is 0 Å². The average molecular weight is 408 g/mol. The summed E-state index contributed by atoms with van der Waals surface area (Å²) in [5.41, 5.74) is 3.25. The summed E-state index contributed by atoms with van der Waals surface area (Å²) in [5, 5.41) is 0.836. The van der Waals surface area contributed by atoms with Gasteiger partial charge in [0.1, 0.15) is 19.0 Å². The van der Waals surface area contributed by atoms with Gasteiger partial charge in [-0.3, -0.25) is 4.90 Å². The van der Waals surface area contributed by atoms with E-state index in [-0.39, 0.29) is 12.6 Å². The van der Waals surface area contributed by atoms with Gasteiger partial charge in [0.15, 0.2) is 0 Å². The molecule has 1 aliphatic rings. The highest BCUT2D eigenvalue weighted by molar-refractivity contribution is 6.05. The third-order valence-electron chi connectivity index (χ3n) is 5.65. The van der Waals surface area contributed by atoms with E-state index >= 15 is 0 Å². The lowest BCUT2D eigenvalue weighted by Crippen LogP contribution is -2.45. The number of nitrogens with one attached hydrogen (secondary N) is 1. The monoisotopic (exact) mass is 407 g/mol. The number of aryl methyl sites for hydroxylation is 1. The molecule has 0 unspecified atom stereocenters. The molecule has 1 aromatic heterocycles. The molecule has 0 aliphatic carbocycles. The van der Waals surface area contributed by atoms with Gasteiger partial charge in [-0.1, -0.05) is 30.3 Å². The van der Waals surface area contributed by atoms with E-state index in [1.54, 1.807) is 0 Å². The number of fused-ring (bicyclic) bond motifs is 1. The molecule has 2 aromatic carbocycles. The summed E-state index contributed by atoms with van der Waals surface area (Å²) in [6.45, 7) is 8.04. The van der Waals surface area contributed by atoms with Gasteiger partial charge in [-0.05, 0) is 37.7 Å². The number of hydrogen-bond donors (Lipinski definition) is 1. The zero-order valence-corrected chi connectivity index (χ0v) is 17.7. The van der Waals surface area contributed by atoms with Crippen LogP contribution < -0.4 is 4.74 Å². The van der Waals surface area contributed by atoms with Crippen molar-refractivity contribution < 1.29 is 14.3 Å². The molecule has 0 amide bonds. The average Bonchev–Trinajstić information content (AvgIpc) is 3.09. The van der Waals surface area contributed by atoms with Crippen LogP contribution >= 0.6 is 0 Å². The lowest BCUT2D eigenvalue weighted by atomic mass is 10.1. The zero-order valence-electron chi connectivity index (χ0n) is 17.7. The molecule has 1 aliphatic heterocycles. The number of ether oxygens (including phenoxy) is 2. The largest absolute Gasteiger partial charge is 0.492 e. The number of esters is 1. The number of piperazine rings is 1. The van der Waals surface area contributed by atoms with Gasteiger partial charge >= 0.3 is 5.97 Å². The van der Waals surface area contributed by atoms with E-state index in [0.29, 0.717) is 12.2 Å². The van der Waals surface area contributed by atoms with Crippen LogP contribution in [0.15, 0.2) is 48.5 Å². The minimum Gasteiger partial charge on any atom is -0.492 e. The van der Waals surface area contributed by atoms with Crippen LogP contribution in [0.5, 0.6) is 5.75 Å². The minimum absolute atomic E-state index is 0.257. The molecule has 0 bridgehead atoms. The van der Waals surface area contributed by atoms with Crippen LogP contribution in [0.2, 0.25) is 0 Å². The number of rotatable bonds is 7. The highest BCUT2D eigenvalue weighted by Crippen LogP contribution is 2.27. The predicted molar refractivity (Wildman–Crippen MR) is 118 cm³/mol. The van der Waals surface area contributed by atoms with Crippen molar-refractivity contribution in [1.29, 1.82) is 0 Å². The van der Waals surface area contributed by atoms with Crippen molar-refractivity contribution >= 4 is 16.9 Å². The Morgan fingerprint density at radius 3 is 2.60 bits per heavy atom. The maximum atomic E-state index is 12.8. The number of aromatic nitrogens is 1. The van der Waals surface area contributed by atoms with Crippen LogP contribution in [0.25, 0.3) is 10.9 Å². The maximum Gasteiger partial charge on any atom is 0.340 e. The Morgan fingerprint density at radius 2 is 1.83 bits per heavy atom. The highest BCUT2D eigenvalue weighted by Gasteiger charge is 2.18. The van der Waals surface area contributed by atoms with Gasteiger partial charge in [0.05, 0.1) is 5.56 Å². The fourth-order valence-electron chi connectivity index (χ4n) is 3.82. The molecule has 0 atom stereocenters. The van der Waals surface area contributed by atoms with E-state index < -0.39 is 0 Å². The summed E-state index contributed by atoms with van der Waals surface area (Å²) in [6.07, 6.45) is 0. The molecular weight excluding hydrogens is 378 g/mol. The Morgan fingerprint density at radius 1 is 1.07 bits per heavy atom. The molecular formula is C24H29N3O3. The second-order valence-electron chi connectivity index (χ2n) is 7.89. The van der Waals surface area contributed by atoms with Crippen molar-refractivity contribution in [3.05, 3.63) is 65.4 Å². The van der Waals surface area contributed by atoms with Crippen LogP contribution in [0.1, 0.15) is 21.6 Å². The van der Waals surface area contributed by atoms with Crippen LogP contribution in [0, 0.1) is 6.92 Å². The summed E-state index contributed by atoms with van der Waals surface area (Å²) >= 11 is 0. The van der Waals surface area contributed by atoms with Gasteiger partial charge in [-0.2, -0.15) is 0 Å². The van der Waals surface area contributed by atoms with Crippen molar-refractivity contribution in [2.45, 2.75) is 13.5 Å². The molecule has 6 nitrogen and oxygen atoms in total. The van der Waals surface area contributed by atoms with Gasteiger partial charge in [0.2, 0.25) is 0 Å². The Bertz CT molecular complexity index is 992. The fraction of sp³-hybridized carbons (Fsp3) is 0.375. The number of hydrogen-bond acceptors (Lipinski definition) is 5. The van der Waals surface area contributed by atoms with E-state index in [1.807, 2.05) is 55.5 Å².